The number of nitrogens with one attached hydrogen (secondary N) is 1. The number of aromatic hydroxyl groups is 1. The van der Waals surface area contributed by atoms with E-state index in [9.17, 15) is 9.90 Å². The van der Waals surface area contributed by atoms with Gasteiger partial charge in [0, 0.05) is 17.1 Å². The van der Waals surface area contributed by atoms with E-state index in [2.05, 4.69) is 4.98 Å². The number of H-pyrrole nitrogens is 1. The number of carbonyl (C=O) groups is 1. The highest BCUT2D eigenvalue weighted by atomic mass is 16.5. The number of fused-ring (bicyclic) bond motifs is 2. The van der Waals surface area contributed by atoms with Crippen LogP contribution in [0, 0.1) is 0 Å². The van der Waals surface area contributed by atoms with Gasteiger partial charge >= 0.3 is 0 Å². The van der Waals surface area contributed by atoms with Crippen LogP contribution in [0.5, 0.6) is 17.2 Å². The van der Waals surface area contributed by atoms with Crippen molar-refractivity contribution in [2.75, 3.05) is 14.2 Å². The molecule has 0 radical (unpaired) electrons. The molecule has 27 heavy (non-hydrogen) atoms. The van der Waals surface area contributed by atoms with Crippen LogP contribution in [0.3, 0.4) is 0 Å². The van der Waals surface area contributed by atoms with Crippen LogP contribution in [0.2, 0.25) is 0 Å². The number of hydrogen-bond donors (Lipinski definition) is 2. The molecular formula is C21H17NO5. The summed E-state index contributed by atoms with van der Waals surface area (Å²) in [4.78, 5) is 16.0. The molecule has 0 spiro atoms. The molecule has 0 fully saturated rings. The number of ketones is 1. The number of benzene rings is 2. The highest BCUT2D eigenvalue weighted by Gasteiger charge is 2.26. The van der Waals surface area contributed by atoms with E-state index in [1.165, 1.54) is 26.6 Å². The zero-order chi connectivity index (χ0) is 19.0. The van der Waals surface area contributed by atoms with Gasteiger partial charge in [-0.25, -0.2) is 0 Å². The normalized spacial score (nSPS) is 11.5. The zero-order valence-electron chi connectivity index (χ0n) is 14.8. The van der Waals surface area contributed by atoms with Crippen molar-refractivity contribution in [1.82, 2.24) is 4.98 Å². The summed E-state index contributed by atoms with van der Waals surface area (Å²) in [5.74, 6) is -0.383. The van der Waals surface area contributed by atoms with Crippen LogP contribution in [-0.2, 0) is 0 Å². The highest BCUT2D eigenvalue weighted by Crippen LogP contribution is 2.45. The van der Waals surface area contributed by atoms with Crippen molar-refractivity contribution in [3.63, 3.8) is 0 Å². The maximum Gasteiger partial charge on any atom is 0.205 e. The van der Waals surface area contributed by atoms with Gasteiger partial charge in [0.05, 0.1) is 25.9 Å². The van der Waals surface area contributed by atoms with Crippen LogP contribution < -0.4 is 9.47 Å². The lowest BCUT2D eigenvalue weighted by Crippen LogP contribution is -2.02. The number of phenols is 1. The van der Waals surface area contributed by atoms with Crippen molar-refractivity contribution in [3.8, 4) is 17.2 Å². The molecule has 4 rings (SSSR count). The summed E-state index contributed by atoms with van der Waals surface area (Å²) in [6.45, 7) is 0. The summed E-state index contributed by atoms with van der Waals surface area (Å²) in [7, 11) is 2.84. The minimum Gasteiger partial charge on any atom is -0.504 e. The van der Waals surface area contributed by atoms with Gasteiger partial charge in [-0.3, -0.25) is 4.79 Å². The Labute approximate surface area is 154 Å². The summed E-state index contributed by atoms with van der Waals surface area (Å²) < 4.78 is 16.0. The summed E-state index contributed by atoms with van der Waals surface area (Å²) in [5, 5.41) is 12.1. The van der Waals surface area contributed by atoms with E-state index in [4.69, 9.17) is 13.9 Å². The van der Waals surface area contributed by atoms with Gasteiger partial charge < -0.3 is 24.0 Å². The number of ether oxygens (including phenoxy) is 2. The van der Waals surface area contributed by atoms with Crippen molar-refractivity contribution in [3.05, 3.63) is 60.0 Å². The number of aromatic amines is 1. The van der Waals surface area contributed by atoms with E-state index in [1.54, 1.807) is 12.1 Å². The van der Waals surface area contributed by atoms with Crippen molar-refractivity contribution >= 4 is 33.7 Å². The van der Waals surface area contributed by atoms with Crippen molar-refractivity contribution in [2.45, 2.75) is 0 Å². The van der Waals surface area contributed by atoms with Gasteiger partial charge in [-0.2, -0.15) is 0 Å². The van der Waals surface area contributed by atoms with Gasteiger partial charge in [-0.1, -0.05) is 18.2 Å². The first-order valence-corrected chi connectivity index (χ1v) is 8.28. The van der Waals surface area contributed by atoms with Crippen molar-refractivity contribution in [1.29, 1.82) is 0 Å². The van der Waals surface area contributed by atoms with Gasteiger partial charge in [0.15, 0.2) is 17.1 Å². The minimum atomic E-state index is -0.406. The quantitative estimate of drug-likeness (QED) is 0.402. The Balaban J connectivity index is 1.81. The minimum absolute atomic E-state index is 0.0272. The van der Waals surface area contributed by atoms with Crippen LogP contribution >= 0.6 is 0 Å². The molecule has 0 amide bonds. The van der Waals surface area contributed by atoms with E-state index in [1.807, 2.05) is 30.5 Å². The number of carbonyl (C=O) groups excluding carboxylic acids is 1. The van der Waals surface area contributed by atoms with Crippen LogP contribution in [0.1, 0.15) is 15.9 Å². The molecular weight excluding hydrogens is 346 g/mol. The van der Waals surface area contributed by atoms with Gasteiger partial charge in [0.1, 0.15) is 11.3 Å². The van der Waals surface area contributed by atoms with Gasteiger partial charge in [0.2, 0.25) is 5.75 Å². The molecule has 2 heterocycles. The Kier molecular flexibility index (Phi) is 4.08. The average Bonchev–Trinajstić information content (AvgIpc) is 3.32. The fraction of sp³-hybridized carbons (Fsp3) is 0.0952. The van der Waals surface area contributed by atoms with Gasteiger partial charge in [-0.15, -0.1) is 0 Å². The van der Waals surface area contributed by atoms with E-state index in [0.29, 0.717) is 11.0 Å². The van der Waals surface area contributed by atoms with E-state index < -0.39 is 5.78 Å². The predicted molar refractivity (Wildman–Crippen MR) is 103 cm³/mol. The van der Waals surface area contributed by atoms with Crippen LogP contribution in [0.4, 0.5) is 0 Å². The molecule has 6 heteroatoms. The third kappa shape index (κ3) is 2.62. The summed E-state index contributed by atoms with van der Waals surface area (Å²) in [6.07, 6.45) is 6.38. The smallest absolute Gasteiger partial charge is 0.205 e. The lowest BCUT2D eigenvalue weighted by molar-refractivity contribution is 0.104. The van der Waals surface area contributed by atoms with Crippen LogP contribution in [-0.4, -0.2) is 30.1 Å². The third-order valence-corrected chi connectivity index (χ3v) is 4.49. The number of allylic oxidation sites excluding steroid dienone is 1. The SMILES string of the molecule is COc1c(C(=O)/C=C/c2c[nH]c3ccccc23)c(O)c(OC)c2occc12. The summed E-state index contributed by atoms with van der Waals surface area (Å²) in [6, 6.07) is 9.46. The molecule has 0 unspecified atom stereocenters. The molecule has 4 aromatic rings. The van der Waals surface area contributed by atoms with E-state index in [0.717, 1.165) is 16.5 Å². The molecule has 0 saturated carbocycles. The summed E-state index contributed by atoms with van der Waals surface area (Å²) in [5.41, 5.74) is 2.20. The molecule has 6 nitrogen and oxygen atoms in total. The molecule has 0 aliphatic rings. The van der Waals surface area contributed by atoms with Crippen molar-refractivity contribution < 1.29 is 23.8 Å². The zero-order valence-corrected chi connectivity index (χ0v) is 14.8. The third-order valence-electron chi connectivity index (χ3n) is 4.49. The van der Waals surface area contributed by atoms with Gasteiger partial charge in [0.25, 0.3) is 0 Å². The number of aromatic nitrogens is 1. The Morgan fingerprint density at radius 3 is 2.67 bits per heavy atom. The van der Waals surface area contributed by atoms with Crippen molar-refractivity contribution in [2.24, 2.45) is 0 Å². The molecule has 136 valence electrons. The predicted octanol–water partition coefficient (Wildman–Crippen LogP) is 4.53. The van der Waals surface area contributed by atoms with E-state index in [-0.39, 0.29) is 22.8 Å². The lowest BCUT2D eigenvalue weighted by Gasteiger charge is -2.12. The van der Waals surface area contributed by atoms with Gasteiger partial charge in [-0.05, 0) is 29.8 Å². The maximum absolute atomic E-state index is 12.9. The molecule has 0 aliphatic carbocycles. The first-order chi connectivity index (χ1) is 13.2. The first kappa shape index (κ1) is 16.8. The largest absolute Gasteiger partial charge is 0.504 e. The monoisotopic (exact) mass is 363 g/mol. The number of phenolic OH excluding ortho intramolecular Hbond substituents is 1. The molecule has 2 aromatic carbocycles. The van der Waals surface area contributed by atoms with Crippen LogP contribution in [0.25, 0.3) is 27.9 Å². The number of methoxy groups -OCH3 is 2. The second kappa shape index (κ2) is 6.57. The molecule has 2 N–H and O–H groups in total. The second-order valence-electron chi connectivity index (χ2n) is 5.94. The standard InChI is InChI=1S/C21H17NO5/c1-25-19-14-9-10-27-20(14)21(26-2)18(24)17(19)16(23)8-7-12-11-22-15-6-4-3-5-13(12)15/h3-11,22,24H,1-2H3/b8-7+. The number of hydrogen-bond acceptors (Lipinski definition) is 5. The number of furan rings is 1. The molecule has 2 aromatic heterocycles. The second-order valence-corrected chi connectivity index (χ2v) is 5.94. The number of rotatable bonds is 5. The Hall–Kier alpha value is -3.67. The highest BCUT2D eigenvalue weighted by molar-refractivity contribution is 6.15. The van der Waals surface area contributed by atoms with E-state index >= 15 is 0 Å². The lowest BCUT2D eigenvalue weighted by atomic mass is 10.0. The summed E-state index contributed by atoms with van der Waals surface area (Å²) >= 11 is 0. The molecule has 0 bridgehead atoms. The average molecular weight is 363 g/mol. The number of para-hydroxylation sites is 1. The Bertz CT molecular complexity index is 1180. The Morgan fingerprint density at radius 2 is 1.89 bits per heavy atom. The fourth-order valence-corrected chi connectivity index (χ4v) is 3.24. The maximum atomic E-state index is 12.9. The van der Waals surface area contributed by atoms with Crippen LogP contribution in [0.15, 0.2) is 53.3 Å². The first-order valence-electron chi connectivity index (χ1n) is 8.28. The molecule has 0 aliphatic heterocycles. The Morgan fingerprint density at radius 1 is 1.11 bits per heavy atom. The molecule has 0 saturated heterocycles. The fourth-order valence-electron chi connectivity index (χ4n) is 3.24. The molecule has 0 atom stereocenters. The topological polar surface area (TPSA) is 84.7 Å².